The van der Waals surface area contributed by atoms with Crippen molar-refractivity contribution in [2.24, 2.45) is 5.92 Å². The third kappa shape index (κ3) is 8.94. The molecule has 0 aromatic heterocycles. The first kappa shape index (κ1) is 23.3. The highest BCUT2D eigenvalue weighted by Crippen LogP contribution is 2.25. The van der Waals surface area contributed by atoms with Gasteiger partial charge < -0.3 is 9.47 Å². The number of rotatable bonds is 14. The Morgan fingerprint density at radius 3 is 1.90 bits per heavy atom. The zero-order valence-electron chi connectivity index (χ0n) is 19.0. The first-order chi connectivity index (χ1) is 14.1. The molecule has 160 valence electrons. The van der Waals surface area contributed by atoms with Crippen LogP contribution in [0.5, 0.6) is 11.5 Å². The van der Waals surface area contributed by atoms with E-state index in [1.54, 1.807) is 0 Å². The zero-order valence-corrected chi connectivity index (χ0v) is 19.0. The summed E-state index contributed by atoms with van der Waals surface area (Å²) >= 11 is 0. The predicted octanol–water partition coefficient (Wildman–Crippen LogP) is 8.30. The van der Waals surface area contributed by atoms with E-state index in [0.717, 1.165) is 36.9 Å². The highest BCUT2D eigenvalue weighted by Gasteiger charge is 2.05. The summed E-state index contributed by atoms with van der Waals surface area (Å²) in [6.07, 6.45) is 10.2. The molecule has 2 rings (SSSR count). The van der Waals surface area contributed by atoms with Crippen molar-refractivity contribution < 1.29 is 9.47 Å². The molecule has 0 saturated heterocycles. The maximum absolute atomic E-state index is 6.06. The van der Waals surface area contributed by atoms with Gasteiger partial charge in [0.25, 0.3) is 0 Å². The molecular formula is C27H40O2. The second-order valence-electron chi connectivity index (χ2n) is 8.33. The van der Waals surface area contributed by atoms with Crippen molar-refractivity contribution in [2.45, 2.75) is 85.2 Å². The molecule has 0 heterocycles. The van der Waals surface area contributed by atoms with Gasteiger partial charge in [-0.2, -0.15) is 0 Å². The Labute approximate surface area is 178 Å². The lowest BCUT2D eigenvalue weighted by Crippen LogP contribution is -2.11. The number of ether oxygens (including phenoxy) is 2. The van der Waals surface area contributed by atoms with Crippen LogP contribution in [0, 0.1) is 5.92 Å². The van der Waals surface area contributed by atoms with Gasteiger partial charge in [-0.1, -0.05) is 70.7 Å². The third-order valence-corrected chi connectivity index (χ3v) is 5.65. The molecule has 2 nitrogen and oxygen atoms in total. The van der Waals surface area contributed by atoms with Crippen LogP contribution in [0.25, 0.3) is 11.1 Å². The summed E-state index contributed by atoms with van der Waals surface area (Å²) in [5.41, 5.74) is 2.41. The quantitative estimate of drug-likeness (QED) is 0.299. The zero-order chi connectivity index (χ0) is 20.9. The van der Waals surface area contributed by atoms with E-state index >= 15 is 0 Å². The molecule has 0 fully saturated rings. The fraction of sp³-hybridized carbons (Fsp3) is 0.556. The van der Waals surface area contributed by atoms with Gasteiger partial charge in [0, 0.05) is 0 Å². The maximum atomic E-state index is 6.06. The number of hydrogen-bond acceptors (Lipinski definition) is 2. The Morgan fingerprint density at radius 1 is 0.690 bits per heavy atom. The van der Waals surface area contributed by atoms with Crippen molar-refractivity contribution in [3.63, 3.8) is 0 Å². The molecule has 2 heteroatoms. The fourth-order valence-corrected chi connectivity index (χ4v) is 3.45. The van der Waals surface area contributed by atoms with Gasteiger partial charge in [-0.15, -0.1) is 0 Å². The van der Waals surface area contributed by atoms with E-state index in [9.17, 15) is 0 Å². The summed E-state index contributed by atoms with van der Waals surface area (Å²) in [4.78, 5) is 0. The predicted molar refractivity (Wildman–Crippen MR) is 125 cm³/mol. The second kappa shape index (κ2) is 13.3. The molecule has 0 saturated carbocycles. The van der Waals surface area contributed by atoms with Crippen LogP contribution < -0.4 is 9.47 Å². The lowest BCUT2D eigenvalue weighted by atomic mass is 10.0. The smallest absolute Gasteiger partial charge is 0.119 e. The van der Waals surface area contributed by atoms with Crippen molar-refractivity contribution in [3.05, 3.63) is 48.5 Å². The van der Waals surface area contributed by atoms with E-state index in [-0.39, 0.29) is 6.10 Å². The summed E-state index contributed by atoms with van der Waals surface area (Å²) in [5.74, 6) is 2.70. The Kier molecular flexibility index (Phi) is 10.7. The van der Waals surface area contributed by atoms with Crippen molar-refractivity contribution in [3.8, 4) is 22.6 Å². The molecule has 29 heavy (non-hydrogen) atoms. The van der Waals surface area contributed by atoms with Gasteiger partial charge in [0.05, 0.1) is 12.7 Å². The highest BCUT2D eigenvalue weighted by molar-refractivity contribution is 5.64. The standard InChI is InChI=1S/C27H40O2/c1-5-7-8-9-12-23(4)29-27-19-15-25(16-20-27)24-13-17-26(18-14-24)28-21-10-11-22(3)6-2/h13-20,22-23H,5-12,21H2,1-4H3. The molecular weight excluding hydrogens is 356 g/mol. The molecule has 2 atom stereocenters. The van der Waals surface area contributed by atoms with Crippen molar-refractivity contribution in [1.82, 2.24) is 0 Å². The number of benzene rings is 2. The normalized spacial score (nSPS) is 13.1. The average Bonchev–Trinajstić information content (AvgIpc) is 2.75. The molecule has 0 bridgehead atoms. The molecule has 2 unspecified atom stereocenters. The number of hydrogen-bond donors (Lipinski definition) is 0. The van der Waals surface area contributed by atoms with E-state index in [0.29, 0.717) is 0 Å². The Morgan fingerprint density at radius 2 is 1.31 bits per heavy atom. The van der Waals surface area contributed by atoms with Gasteiger partial charge in [-0.3, -0.25) is 0 Å². The Bertz CT molecular complexity index is 660. The van der Waals surface area contributed by atoms with Gasteiger partial charge in [-0.05, 0) is 73.9 Å². The molecule has 0 spiro atoms. The van der Waals surface area contributed by atoms with Gasteiger partial charge in [0.1, 0.15) is 11.5 Å². The van der Waals surface area contributed by atoms with Gasteiger partial charge >= 0.3 is 0 Å². The van der Waals surface area contributed by atoms with Gasteiger partial charge in [0.15, 0.2) is 0 Å². The minimum absolute atomic E-state index is 0.273. The minimum atomic E-state index is 0.273. The number of unbranched alkanes of at least 4 members (excludes halogenated alkanes) is 3. The van der Waals surface area contributed by atoms with Crippen LogP contribution in [-0.2, 0) is 0 Å². The van der Waals surface area contributed by atoms with E-state index < -0.39 is 0 Å². The SMILES string of the molecule is CCCCCCC(C)Oc1ccc(-c2ccc(OCCCC(C)CC)cc2)cc1. The largest absolute Gasteiger partial charge is 0.494 e. The second-order valence-corrected chi connectivity index (χ2v) is 8.33. The molecule has 0 radical (unpaired) electrons. The third-order valence-electron chi connectivity index (χ3n) is 5.65. The van der Waals surface area contributed by atoms with Crippen LogP contribution in [0.4, 0.5) is 0 Å². The molecule has 2 aromatic rings. The van der Waals surface area contributed by atoms with Crippen LogP contribution in [-0.4, -0.2) is 12.7 Å². The van der Waals surface area contributed by atoms with E-state index in [2.05, 4.69) is 76.2 Å². The molecule has 0 N–H and O–H groups in total. The van der Waals surface area contributed by atoms with Gasteiger partial charge in [0.2, 0.25) is 0 Å². The van der Waals surface area contributed by atoms with Crippen molar-refractivity contribution >= 4 is 0 Å². The van der Waals surface area contributed by atoms with E-state index in [1.807, 2.05) is 0 Å². The average molecular weight is 397 g/mol. The van der Waals surface area contributed by atoms with E-state index in [1.165, 1.54) is 49.7 Å². The Hall–Kier alpha value is -1.96. The monoisotopic (exact) mass is 396 g/mol. The minimum Gasteiger partial charge on any atom is -0.494 e. The van der Waals surface area contributed by atoms with Crippen LogP contribution in [0.15, 0.2) is 48.5 Å². The molecule has 0 aliphatic rings. The fourth-order valence-electron chi connectivity index (χ4n) is 3.45. The first-order valence-electron chi connectivity index (χ1n) is 11.6. The topological polar surface area (TPSA) is 18.5 Å². The lowest BCUT2D eigenvalue weighted by molar-refractivity contribution is 0.206. The summed E-state index contributed by atoms with van der Waals surface area (Å²) in [7, 11) is 0. The van der Waals surface area contributed by atoms with Crippen LogP contribution in [0.2, 0.25) is 0 Å². The highest BCUT2D eigenvalue weighted by atomic mass is 16.5. The van der Waals surface area contributed by atoms with Crippen LogP contribution in [0.1, 0.15) is 79.1 Å². The van der Waals surface area contributed by atoms with Crippen LogP contribution in [0.3, 0.4) is 0 Å². The molecule has 0 aliphatic carbocycles. The lowest BCUT2D eigenvalue weighted by Gasteiger charge is -2.15. The molecule has 0 amide bonds. The summed E-state index contributed by atoms with van der Waals surface area (Å²) < 4.78 is 11.9. The van der Waals surface area contributed by atoms with Gasteiger partial charge in [-0.25, -0.2) is 0 Å². The van der Waals surface area contributed by atoms with Crippen molar-refractivity contribution in [2.75, 3.05) is 6.61 Å². The summed E-state index contributed by atoms with van der Waals surface area (Å²) in [6, 6.07) is 16.9. The summed E-state index contributed by atoms with van der Waals surface area (Å²) in [6.45, 7) is 9.77. The molecule has 2 aromatic carbocycles. The maximum Gasteiger partial charge on any atom is 0.119 e. The molecule has 0 aliphatic heterocycles. The first-order valence-corrected chi connectivity index (χ1v) is 11.6. The van der Waals surface area contributed by atoms with Crippen LogP contribution >= 0.6 is 0 Å². The summed E-state index contributed by atoms with van der Waals surface area (Å²) in [5, 5.41) is 0. The van der Waals surface area contributed by atoms with E-state index in [4.69, 9.17) is 9.47 Å². The van der Waals surface area contributed by atoms with Crippen molar-refractivity contribution in [1.29, 1.82) is 0 Å². The Balaban J connectivity index is 1.78.